The highest BCUT2D eigenvalue weighted by atomic mass is 16.5. The molecule has 0 radical (unpaired) electrons. The molecule has 0 saturated carbocycles. The number of benzene rings is 1. The number of carboxylic acids is 1. The largest absolute Gasteiger partial charge is 0.494 e. The van der Waals surface area contributed by atoms with Crippen molar-refractivity contribution < 1.29 is 24.5 Å². The summed E-state index contributed by atoms with van der Waals surface area (Å²) in [7, 11) is 0. The van der Waals surface area contributed by atoms with E-state index in [2.05, 4.69) is 5.32 Å². The zero-order valence-electron chi connectivity index (χ0n) is 12.2. The van der Waals surface area contributed by atoms with E-state index in [-0.39, 0.29) is 6.42 Å². The topological polar surface area (TPSA) is 95.9 Å². The molecule has 0 bridgehead atoms. The van der Waals surface area contributed by atoms with E-state index >= 15 is 0 Å². The second-order valence-corrected chi connectivity index (χ2v) is 4.66. The van der Waals surface area contributed by atoms with Gasteiger partial charge in [-0.25, -0.2) is 4.79 Å². The molecule has 0 aliphatic carbocycles. The third kappa shape index (κ3) is 5.43. The summed E-state index contributed by atoms with van der Waals surface area (Å²) in [5.41, 5.74) is 0.887. The Balaban J connectivity index is 2.59. The van der Waals surface area contributed by atoms with E-state index in [1.165, 1.54) is 6.92 Å². The number of carboxylic acid groups (broad SMARTS) is 1. The van der Waals surface area contributed by atoms with Gasteiger partial charge in [-0.15, -0.1) is 0 Å². The molecule has 0 aromatic heterocycles. The van der Waals surface area contributed by atoms with Gasteiger partial charge in [-0.3, -0.25) is 4.79 Å². The first kappa shape index (κ1) is 17.0. The molecule has 1 aromatic carbocycles. The maximum Gasteiger partial charge on any atom is 0.328 e. The molecular weight excluding hydrogens is 274 g/mol. The van der Waals surface area contributed by atoms with Crippen LogP contribution in [-0.4, -0.2) is 40.8 Å². The van der Waals surface area contributed by atoms with Crippen molar-refractivity contribution in [3.63, 3.8) is 0 Å². The Morgan fingerprint density at radius 3 is 2.57 bits per heavy atom. The predicted octanol–water partition coefficient (Wildman–Crippen LogP) is 0.968. The maximum absolute atomic E-state index is 11.8. The van der Waals surface area contributed by atoms with Gasteiger partial charge in [0, 0.05) is 6.42 Å². The van der Waals surface area contributed by atoms with Crippen LogP contribution in [0.25, 0.3) is 0 Å². The summed E-state index contributed by atoms with van der Waals surface area (Å²) < 4.78 is 5.46. The van der Waals surface area contributed by atoms with E-state index < -0.39 is 24.0 Å². The molecule has 1 rings (SSSR count). The summed E-state index contributed by atoms with van der Waals surface area (Å²) in [4.78, 5) is 22.7. The highest BCUT2D eigenvalue weighted by Gasteiger charge is 2.24. The van der Waals surface area contributed by atoms with Crippen molar-refractivity contribution >= 4 is 11.9 Å². The number of aliphatic hydroxyl groups is 1. The zero-order chi connectivity index (χ0) is 15.8. The summed E-state index contributed by atoms with van der Waals surface area (Å²) in [5.74, 6) is -0.958. The van der Waals surface area contributed by atoms with E-state index in [0.717, 1.165) is 11.3 Å². The molecular formula is C15H21NO5. The molecule has 0 spiro atoms. The predicted molar refractivity (Wildman–Crippen MR) is 77.2 cm³/mol. The molecule has 0 aliphatic rings. The van der Waals surface area contributed by atoms with Crippen molar-refractivity contribution in [3.05, 3.63) is 29.8 Å². The lowest BCUT2D eigenvalue weighted by molar-refractivity contribution is -0.144. The monoisotopic (exact) mass is 295 g/mol. The van der Waals surface area contributed by atoms with Crippen LogP contribution in [-0.2, 0) is 16.0 Å². The Morgan fingerprint density at radius 2 is 2.00 bits per heavy atom. The summed E-state index contributed by atoms with van der Waals surface area (Å²) >= 11 is 0. The average molecular weight is 295 g/mol. The first-order valence-corrected chi connectivity index (χ1v) is 6.86. The minimum atomic E-state index is -1.29. The number of para-hydroxylation sites is 1. The van der Waals surface area contributed by atoms with Gasteiger partial charge < -0.3 is 20.3 Å². The van der Waals surface area contributed by atoms with Crippen LogP contribution in [0.1, 0.15) is 25.8 Å². The quantitative estimate of drug-likeness (QED) is 0.664. The number of hydrogen-bond acceptors (Lipinski definition) is 4. The Kier molecular flexibility index (Phi) is 6.68. The van der Waals surface area contributed by atoms with Crippen molar-refractivity contribution in [2.24, 2.45) is 0 Å². The van der Waals surface area contributed by atoms with E-state index in [1.807, 2.05) is 31.2 Å². The standard InChI is InChI=1S/C15H21NO5/c1-3-21-12-7-5-4-6-11(12)8-9-13(18)16-14(10(2)17)15(19)20/h4-7,10,14,17H,3,8-9H2,1-2H3,(H,16,18)(H,19,20). The van der Waals surface area contributed by atoms with Crippen molar-refractivity contribution in [2.75, 3.05) is 6.61 Å². The van der Waals surface area contributed by atoms with E-state index in [9.17, 15) is 14.7 Å². The first-order valence-electron chi connectivity index (χ1n) is 6.86. The maximum atomic E-state index is 11.8. The number of amides is 1. The van der Waals surface area contributed by atoms with Crippen LogP contribution in [0.4, 0.5) is 0 Å². The van der Waals surface area contributed by atoms with Crippen LogP contribution in [0.15, 0.2) is 24.3 Å². The van der Waals surface area contributed by atoms with Gasteiger partial charge in [0.15, 0.2) is 6.04 Å². The van der Waals surface area contributed by atoms with Gasteiger partial charge in [-0.2, -0.15) is 0 Å². The minimum absolute atomic E-state index is 0.126. The minimum Gasteiger partial charge on any atom is -0.494 e. The number of aliphatic hydroxyl groups excluding tert-OH is 1. The Morgan fingerprint density at radius 1 is 1.33 bits per heavy atom. The molecule has 116 valence electrons. The molecule has 0 heterocycles. The lowest BCUT2D eigenvalue weighted by atomic mass is 10.1. The molecule has 3 N–H and O–H groups in total. The number of nitrogens with one attached hydrogen (secondary N) is 1. The first-order chi connectivity index (χ1) is 9.95. The zero-order valence-corrected chi connectivity index (χ0v) is 12.2. The lowest BCUT2D eigenvalue weighted by Crippen LogP contribution is -2.47. The Bertz CT molecular complexity index is 487. The highest BCUT2D eigenvalue weighted by molar-refractivity contribution is 5.84. The SMILES string of the molecule is CCOc1ccccc1CCC(=O)NC(C(=O)O)C(C)O. The number of ether oxygens (including phenoxy) is 1. The highest BCUT2D eigenvalue weighted by Crippen LogP contribution is 2.19. The molecule has 1 amide bonds. The van der Waals surface area contributed by atoms with Crippen LogP contribution < -0.4 is 10.1 Å². The fraction of sp³-hybridized carbons (Fsp3) is 0.467. The summed E-state index contributed by atoms with van der Waals surface area (Å²) in [5, 5.41) is 20.5. The van der Waals surface area contributed by atoms with Gasteiger partial charge >= 0.3 is 5.97 Å². The van der Waals surface area contributed by atoms with Crippen LogP contribution in [0.3, 0.4) is 0 Å². The van der Waals surface area contributed by atoms with Crippen LogP contribution in [0.2, 0.25) is 0 Å². The normalized spacial score (nSPS) is 13.3. The summed E-state index contributed by atoms with van der Waals surface area (Å²) in [6.45, 7) is 3.74. The van der Waals surface area contributed by atoms with E-state index in [1.54, 1.807) is 0 Å². The smallest absolute Gasteiger partial charge is 0.328 e. The van der Waals surface area contributed by atoms with Crippen LogP contribution in [0.5, 0.6) is 5.75 Å². The summed E-state index contributed by atoms with van der Waals surface area (Å²) in [6.07, 6.45) is -0.587. The number of carbonyl (C=O) groups is 2. The van der Waals surface area contributed by atoms with Crippen molar-refractivity contribution in [1.82, 2.24) is 5.32 Å². The molecule has 21 heavy (non-hydrogen) atoms. The number of aryl methyl sites for hydroxylation is 1. The Labute approximate surface area is 123 Å². The molecule has 6 heteroatoms. The number of aliphatic carboxylic acids is 1. The van der Waals surface area contributed by atoms with Crippen molar-refractivity contribution in [1.29, 1.82) is 0 Å². The molecule has 0 aliphatic heterocycles. The molecule has 0 saturated heterocycles. The third-order valence-corrected chi connectivity index (χ3v) is 2.96. The molecule has 2 unspecified atom stereocenters. The van der Waals surface area contributed by atoms with E-state index in [4.69, 9.17) is 9.84 Å². The molecule has 6 nitrogen and oxygen atoms in total. The summed E-state index contributed by atoms with van der Waals surface area (Å²) in [6, 6.07) is 6.10. The van der Waals surface area contributed by atoms with Crippen molar-refractivity contribution in [2.45, 2.75) is 38.8 Å². The lowest BCUT2D eigenvalue weighted by Gasteiger charge is -2.17. The number of hydrogen-bond donors (Lipinski definition) is 3. The molecule has 1 aromatic rings. The van der Waals surface area contributed by atoms with Gasteiger partial charge in [0.2, 0.25) is 5.91 Å². The molecule has 2 atom stereocenters. The van der Waals surface area contributed by atoms with Gasteiger partial charge in [-0.05, 0) is 31.9 Å². The fourth-order valence-corrected chi connectivity index (χ4v) is 1.89. The molecule has 0 fully saturated rings. The Hall–Kier alpha value is -2.08. The van der Waals surface area contributed by atoms with E-state index in [0.29, 0.717) is 13.0 Å². The van der Waals surface area contributed by atoms with Crippen LogP contribution >= 0.6 is 0 Å². The third-order valence-electron chi connectivity index (χ3n) is 2.96. The van der Waals surface area contributed by atoms with Gasteiger partial charge in [-0.1, -0.05) is 18.2 Å². The number of rotatable bonds is 8. The number of carbonyl (C=O) groups excluding carboxylic acids is 1. The van der Waals surface area contributed by atoms with Crippen molar-refractivity contribution in [3.8, 4) is 5.75 Å². The fourth-order valence-electron chi connectivity index (χ4n) is 1.89. The van der Waals surface area contributed by atoms with Gasteiger partial charge in [0.05, 0.1) is 12.7 Å². The second-order valence-electron chi connectivity index (χ2n) is 4.66. The second kappa shape index (κ2) is 8.26. The average Bonchev–Trinajstić information content (AvgIpc) is 2.43. The van der Waals surface area contributed by atoms with Gasteiger partial charge in [0.1, 0.15) is 5.75 Å². The van der Waals surface area contributed by atoms with Gasteiger partial charge in [0.25, 0.3) is 0 Å². The van der Waals surface area contributed by atoms with Crippen LogP contribution in [0, 0.1) is 0 Å².